The maximum atomic E-state index is 12.8. The summed E-state index contributed by atoms with van der Waals surface area (Å²) in [5, 5.41) is 5.63. The maximum absolute atomic E-state index is 12.8. The third-order valence-corrected chi connectivity index (χ3v) is 8.93. The zero-order valence-corrected chi connectivity index (χ0v) is 24.2. The molecule has 2 amide bonds. The molecule has 1 aliphatic heterocycles. The second-order valence-corrected chi connectivity index (χ2v) is 12.1. The van der Waals surface area contributed by atoms with Crippen LogP contribution < -0.4 is 10.2 Å². The van der Waals surface area contributed by atoms with Gasteiger partial charge in [-0.1, -0.05) is 51.4 Å². The van der Waals surface area contributed by atoms with Crippen LogP contribution >= 0.6 is 50.6 Å². The number of halogens is 2. The molecule has 5 rings (SSSR count). The van der Waals surface area contributed by atoms with Crippen LogP contribution in [0.3, 0.4) is 0 Å². The van der Waals surface area contributed by atoms with E-state index in [1.165, 1.54) is 23.1 Å². The topological polar surface area (TPSA) is 65.5 Å². The molecule has 194 valence electrons. The summed E-state index contributed by atoms with van der Waals surface area (Å²) in [7, 11) is 0. The number of benzene rings is 3. The number of thioether (sulfide) groups is 1. The van der Waals surface area contributed by atoms with Crippen molar-refractivity contribution in [1.29, 1.82) is 0 Å². The average molecular weight is 628 g/mol. The van der Waals surface area contributed by atoms with Gasteiger partial charge in [-0.15, -0.1) is 11.3 Å². The number of nitrogens with one attached hydrogen (secondary N) is 1. The number of hydrogen-bond donors (Lipinski definition) is 1. The smallest absolute Gasteiger partial charge is 0.253 e. The van der Waals surface area contributed by atoms with Gasteiger partial charge in [0, 0.05) is 63.6 Å². The van der Waals surface area contributed by atoms with E-state index in [1.807, 2.05) is 83.1 Å². The van der Waals surface area contributed by atoms with Crippen molar-refractivity contribution >= 4 is 73.8 Å². The van der Waals surface area contributed by atoms with Gasteiger partial charge in [0.15, 0.2) is 4.34 Å². The van der Waals surface area contributed by atoms with E-state index in [-0.39, 0.29) is 17.6 Å². The fourth-order valence-corrected chi connectivity index (χ4v) is 6.13. The van der Waals surface area contributed by atoms with Crippen LogP contribution in [-0.4, -0.2) is 53.6 Å². The quantitative estimate of drug-likeness (QED) is 0.226. The van der Waals surface area contributed by atoms with Gasteiger partial charge in [0.2, 0.25) is 5.91 Å². The van der Waals surface area contributed by atoms with E-state index in [9.17, 15) is 9.59 Å². The van der Waals surface area contributed by atoms with Crippen molar-refractivity contribution in [1.82, 2.24) is 9.88 Å². The van der Waals surface area contributed by atoms with E-state index in [2.05, 4.69) is 31.1 Å². The summed E-state index contributed by atoms with van der Waals surface area (Å²) < 4.78 is 1.80. The maximum Gasteiger partial charge on any atom is 0.253 e. The van der Waals surface area contributed by atoms with Gasteiger partial charge in [-0.25, -0.2) is 4.98 Å². The Hall–Kier alpha value is -2.85. The van der Waals surface area contributed by atoms with Gasteiger partial charge in [-0.3, -0.25) is 9.59 Å². The summed E-state index contributed by atoms with van der Waals surface area (Å²) in [5.41, 5.74) is 4.41. The summed E-state index contributed by atoms with van der Waals surface area (Å²) >= 11 is 12.3. The molecule has 0 aliphatic carbocycles. The van der Waals surface area contributed by atoms with Crippen LogP contribution in [0, 0.1) is 0 Å². The molecule has 1 aliphatic rings. The molecular formula is C28H24BrClN4O2S2. The predicted octanol–water partition coefficient (Wildman–Crippen LogP) is 6.92. The Balaban J connectivity index is 1.08. The number of anilines is 2. The Bertz CT molecular complexity index is 1400. The minimum Gasteiger partial charge on any atom is -0.368 e. The zero-order chi connectivity index (χ0) is 26.5. The molecule has 0 atom stereocenters. The highest BCUT2D eigenvalue weighted by molar-refractivity contribution is 9.10. The normalized spacial score (nSPS) is 13.4. The Labute approximate surface area is 243 Å². The number of rotatable bonds is 7. The fourth-order valence-electron chi connectivity index (χ4n) is 4.10. The number of thiazole rings is 1. The molecule has 6 nitrogen and oxygen atoms in total. The van der Waals surface area contributed by atoms with Gasteiger partial charge in [-0.05, 0) is 60.7 Å². The second-order valence-electron chi connectivity index (χ2n) is 8.68. The molecule has 4 aromatic rings. The highest BCUT2D eigenvalue weighted by atomic mass is 79.9. The Morgan fingerprint density at radius 2 is 1.63 bits per heavy atom. The van der Waals surface area contributed by atoms with Crippen LogP contribution in [0.25, 0.3) is 11.3 Å². The SMILES string of the molecule is O=C(CSc1nc(-c2ccc(Cl)cc2)cs1)Nc1ccc(N2CCN(C(=O)c3ccc(Br)cc3)CC2)cc1. The average Bonchev–Trinajstić information content (AvgIpc) is 3.42. The first-order valence-electron chi connectivity index (χ1n) is 12.0. The molecule has 0 radical (unpaired) electrons. The molecule has 1 aromatic heterocycles. The molecule has 0 unspecified atom stereocenters. The van der Waals surface area contributed by atoms with E-state index < -0.39 is 0 Å². The van der Waals surface area contributed by atoms with Gasteiger partial charge in [-0.2, -0.15) is 0 Å². The Morgan fingerprint density at radius 3 is 2.32 bits per heavy atom. The molecule has 1 N–H and O–H groups in total. The first kappa shape index (κ1) is 26.7. The molecule has 3 aromatic carbocycles. The largest absolute Gasteiger partial charge is 0.368 e. The summed E-state index contributed by atoms with van der Waals surface area (Å²) in [6, 6.07) is 22.9. The summed E-state index contributed by atoms with van der Waals surface area (Å²) in [6.45, 7) is 2.86. The van der Waals surface area contributed by atoms with Gasteiger partial charge in [0.1, 0.15) is 0 Å². The lowest BCUT2D eigenvalue weighted by Gasteiger charge is -2.36. The highest BCUT2D eigenvalue weighted by Gasteiger charge is 2.22. The molecule has 38 heavy (non-hydrogen) atoms. The van der Waals surface area contributed by atoms with E-state index in [4.69, 9.17) is 11.6 Å². The molecule has 2 heterocycles. The molecule has 0 spiro atoms. The number of hydrogen-bond acceptors (Lipinski definition) is 6. The summed E-state index contributed by atoms with van der Waals surface area (Å²) in [5.74, 6) is 0.266. The third kappa shape index (κ3) is 6.77. The lowest BCUT2D eigenvalue weighted by atomic mass is 10.1. The first-order chi connectivity index (χ1) is 18.4. The lowest BCUT2D eigenvalue weighted by Crippen LogP contribution is -2.48. The molecule has 0 bridgehead atoms. The van der Waals surface area contributed by atoms with Crippen LogP contribution in [0.1, 0.15) is 10.4 Å². The zero-order valence-electron chi connectivity index (χ0n) is 20.3. The van der Waals surface area contributed by atoms with Crippen LogP contribution in [0.15, 0.2) is 87.0 Å². The predicted molar refractivity (Wildman–Crippen MR) is 161 cm³/mol. The standard InChI is InChI=1S/C28H24BrClN4O2S2/c29-21-5-1-20(2-6-21)27(36)34-15-13-33(14-16-34)24-11-9-23(10-12-24)31-26(35)18-38-28-32-25(17-37-28)19-3-7-22(30)8-4-19/h1-12,17H,13-16,18H2,(H,31,35). The van der Waals surface area contributed by atoms with Crippen LogP contribution in [0.4, 0.5) is 11.4 Å². The molecular weight excluding hydrogens is 604 g/mol. The van der Waals surface area contributed by atoms with Gasteiger partial charge < -0.3 is 15.1 Å². The minimum atomic E-state index is -0.0777. The Kier molecular flexibility index (Phi) is 8.68. The van der Waals surface area contributed by atoms with Crippen molar-refractivity contribution in [3.63, 3.8) is 0 Å². The highest BCUT2D eigenvalue weighted by Crippen LogP contribution is 2.29. The van der Waals surface area contributed by atoms with Crippen molar-refractivity contribution < 1.29 is 9.59 Å². The number of aromatic nitrogens is 1. The first-order valence-corrected chi connectivity index (χ1v) is 15.0. The number of carbonyl (C=O) groups excluding carboxylic acids is 2. The van der Waals surface area contributed by atoms with Crippen LogP contribution in [0.2, 0.25) is 5.02 Å². The summed E-state index contributed by atoms with van der Waals surface area (Å²) in [6.07, 6.45) is 0. The fraction of sp³-hybridized carbons (Fsp3) is 0.179. The van der Waals surface area contributed by atoms with Gasteiger partial charge >= 0.3 is 0 Å². The van der Waals surface area contributed by atoms with Crippen LogP contribution in [-0.2, 0) is 4.79 Å². The number of nitrogens with zero attached hydrogens (tertiary/aromatic N) is 3. The molecule has 10 heteroatoms. The molecule has 1 fully saturated rings. The molecule has 1 saturated heterocycles. The number of piperazine rings is 1. The van der Waals surface area contributed by atoms with E-state index in [0.29, 0.717) is 23.7 Å². The van der Waals surface area contributed by atoms with E-state index in [0.717, 1.165) is 44.5 Å². The second kappa shape index (κ2) is 12.3. The number of amides is 2. The third-order valence-electron chi connectivity index (χ3n) is 6.12. The number of carbonyl (C=O) groups is 2. The van der Waals surface area contributed by atoms with Crippen molar-refractivity contribution in [2.75, 3.05) is 42.1 Å². The summed E-state index contributed by atoms with van der Waals surface area (Å²) in [4.78, 5) is 34.0. The van der Waals surface area contributed by atoms with E-state index in [1.54, 1.807) is 0 Å². The van der Waals surface area contributed by atoms with Crippen LogP contribution in [0.5, 0.6) is 0 Å². The lowest BCUT2D eigenvalue weighted by molar-refractivity contribution is -0.113. The van der Waals surface area contributed by atoms with Crippen molar-refractivity contribution in [2.24, 2.45) is 0 Å². The monoisotopic (exact) mass is 626 g/mol. The molecule has 0 saturated carbocycles. The van der Waals surface area contributed by atoms with Crippen molar-refractivity contribution in [3.8, 4) is 11.3 Å². The van der Waals surface area contributed by atoms with E-state index >= 15 is 0 Å². The van der Waals surface area contributed by atoms with Gasteiger partial charge in [0.05, 0.1) is 11.4 Å². The Morgan fingerprint density at radius 1 is 0.947 bits per heavy atom. The minimum absolute atomic E-state index is 0.0621. The van der Waals surface area contributed by atoms with Crippen molar-refractivity contribution in [3.05, 3.63) is 93.2 Å². The van der Waals surface area contributed by atoms with Gasteiger partial charge in [0.25, 0.3) is 5.91 Å². The van der Waals surface area contributed by atoms with Crippen molar-refractivity contribution in [2.45, 2.75) is 4.34 Å².